The molecular weight excluding hydrogens is 466 g/mol. The number of carbonyl (C=O) groups excluding carboxylic acids is 1. The average Bonchev–Trinajstić information content (AvgIpc) is 3.06. The third-order valence-corrected chi connectivity index (χ3v) is 3.76. The molecule has 2 rings (SSSR count). The second kappa shape index (κ2) is 11.5. The molecule has 0 spiro atoms. The van der Waals surface area contributed by atoms with E-state index in [0.717, 1.165) is 17.5 Å². The van der Waals surface area contributed by atoms with Crippen LogP contribution in [0.5, 0.6) is 0 Å². The Balaban J connectivity index is 0.00000364. The van der Waals surface area contributed by atoms with E-state index in [1.54, 1.807) is 19.3 Å². The van der Waals surface area contributed by atoms with Gasteiger partial charge < -0.3 is 15.4 Å². The lowest BCUT2D eigenvalue weighted by atomic mass is 10.1. The number of esters is 1. The van der Waals surface area contributed by atoms with Gasteiger partial charge in [0.2, 0.25) is 0 Å². The number of hydrogen-bond acceptors (Lipinski definition) is 5. The first-order valence-electron chi connectivity index (χ1n) is 8.17. The summed E-state index contributed by atoms with van der Waals surface area (Å²) in [6.07, 6.45) is 2.42. The van der Waals surface area contributed by atoms with Crippen LogP contribution in [0, 0.1) is 12.7 Å². The smallest absolute Gasteiger partial charge is 0.327 e. The fourth-order valence-electron chi connectivity index (χ4n) is 2.34. The largest absolute Gasteiger partial charge is 0.468 e. The van der Waals surface area contributed by atoms with Crippen LogP contribution < -0.4 is 10.6 Å². The highest BCUT2D eigenvalue weighted by Gasteiger charge is 2.07. The molecule has 1 heterocycles. The first kappa shape index (κ1) is 22.8. The van der Waals surface area contributed by atoms with E-state index in [0.29, 0.717) is 24.7 Å². The van der Waals surface area contributed by atoms with Gasteiger partial charge in [-0.15, -0.1) is 29.1 Å². The molecule has 1 aromatic carbocycles. The topological polar surface area (TPSA) is 93.4 Å². The van der Waals surface area contributed by atoms with Crippen molar-refractivity contribution < 1.29 is 13.9 Å². The Labute approximate surface area is 174 Å². The normalized spacial score (nSPS) is 10.9. The Morgan fingerprint density at radius 1 is 1.37 bits per heavy atom. The zero-order valence-corrected chi connectivity index (χ0v) is 17.9. The Morgan fingerprint density at radius 2 is 2.15 bits per heavy atom. The predicted octanol–water partition coefficient (Wildman–Crippen LogP) is 1.42. The summed E-state index contributed by atoms with van der Waals surface area (Å²) in [5.41, 5.74) is 2.68. The van der Waals surface area contributed by atoms with Gasteiger partial charge in [0, 0.05) is 13.6 Å². The molecule has 27 heavy (non-hydrogen) atoms. The van der Waals surface area contributed by atoms with E-state index in [1.807, 2.05) is 6.92 Å². The molecule has 0 bridgehead atoms. The lowest BCUT2D eigenvalue weighted by Crippen LogP contribution is -2.38. The third kappa shape index (κ3) is 7.49. The van der Waals surface area contributed by atoms with Gasteiger partial charge in [0.25, 0.3) is 0 Å². The van der Waals surface area contributed by atoms with Crippen molar-refractivity contribution in [2.75, 3.05) is 20.7 Å². The zero-order valence-electron chi connectivity index (χ0n) is 15.5. The van der Waals surface area contributed by atoms with E-state index < -0.39 is 0 Å². The summed E-state index contributed by atoms with van der Waals surface area (Å²) < 4.78 is 19.1. The maximum Gasteiger partial charge on any atom is 0.327 e. The number of aromatic nitrogens is 3. The van der Waals surface area contributed by atoms with E-state index in [-0.39, 0.29) is 42.3 Å². The number of methoxy groups -OCH3 is 1. The lowest BCUT2D eigenvalue weighted by molar-refractivity contribution is -0.141. The van der Waals surface area contributed by atoms with Gasteiger partial charge in [-0.1, -0.05) is 11.3 Å². The average molecular weight is 490 g/mol. The van der Waals surface area contributed by atoms with Gasteiger partial charge in [0.15, 0.2) is 5.96 Å². The fraction of sp³-hybridized carbons (Fsp3) is 0.412. The molecule has 0 radical (unpaired) electrons. The first-order chi connectivity index (χ1) is 12.5. The maximum atomic E-state index is 13.1. The molecule has 148 valence electrons. The Bertz CT molecular complexity index is 781. The Morgan fingerprint density at radius 3 is 2.81 bits per heavy atom. The number of aliphatic imine (C=N–C) groups is 1. The number of aryl methyl sites for hydroxylation is 1. The number of rotatable bonds is 7. The van der Waals surface area contributed by atoms with Crippen molar-refractivity contribution in [3.63, 3.8) is 0 Å². The molecule has 0 aliphatic heterocycles. The molecular formula is C17H24FIN6O2. The van der Waals surface area contributed by atoms with Crippen LogP contribution in [0.2, 0.25) is 0 Å². The fourth-order valence-corrected chi connectivity index (χ4v) is 2.34. The van der Waals surface area contributed by atoms with Crippen LogP contribution in [0.15, 0.2) is 29.4 Å². The first-order valence-corrected chi connectivity index (χ1v) is 8.17. The zero-order chi connectivity index (χ0) is 18.9. The van der Waals surface area contributed by atoms with Crippen LogP contribution in [0.3, 0.4) is 0 Å². The molecule has 0 amide bonds. The highest BCUT2D eigenvalue weighted by Crippen LogP contribution is 2.10. The minimum Gasteiger partial charge on any atom is -0.468 e. The number of halogens is 2. The van der Waals surface area contributed by atoms with Crippen LogP contribution in [0.25, 0.3) is 0 Å². The van der Waals surface area contributed by atoms with Crippen LogP contribution in [-0.2, 0) is 29.0 Å². The molecule has 0 saturated heterocycles. The van der Waals surface area contributed by atoms with Crippen molar-refractivity contribution in [3.05, 3.63) is 47.0 Å². The van der Waals surface area contributed by atoms with Crippen molar-refractivity contribution in [2.24, 2.45) is 4.99 Å². The van der Waals surface area contributed by atoms with Crippen molar-refractivity contribution in [2.45, 2.75) is 26.4 Å². The summed E-state index contributed by atoms with van der Waals surface area (Å²) in [5, 5.41) is 14.2. The number of nitrogens with one attached hydrogen (secondary N) is 2. The summed E-state index contributed by atoms with van der Waals surface area (Å²) in [7, 11) is 3.00. The van der Waals surface area contributed by atoms with E-state index in [2.05, 4.69) is 30.7 Å². The molecule has 0 aliphatic rings. The Kier molecular flexibility index (Phi) is 9.68. The van der Waals surface area contributed by atoms with Crippen LogP contribution in [-0.4, -0.2) is 47.6 Å². The van der Waals surface area contributed by atoms with E-state index in [1.165, 1.54) is 23.9 Å². The standard InChI is InChI=1S/C17H23FN6O2.HI/c1-12-8-14(18)5-4-13(12)6-7-20-17(19-2)21-9-15-10-24(23-22-15)11-16(25)26-3;/h4-5,8,10H,6-7,9,11H2,1-3H3,(H2,19,20,21);1H. The highest BCUT2D eigenvalue weighted by molar-refractivity contribution is 14.0. The number of benzene rings is 1. The van der Waals surface area contributed by atoms with E-state index >= 15 is 0 Å². The number of guanidine groups is 1. The Hall–Kier alpha value is -2.24. The molecule has 0 saturated carbocycles. The van der Waals surface area contributed by atoms with Gasteiger partial charge in [-0.25, -0.2) is 9.07 Å². The van der Waals surface area contributed by atoms with Crippen LogP contribution >= 0.6 is 24.0 Å². The second-order valence-corrected chi connectivity index (χ2v) is 5.66. The summed E-state index contributed by atoms with van der Waals surface area (Å²) in [6.45, 7) is 2.98. The third-order valence-electron chi connectivity index (χ3n) is 3.76. The van der Waals surface area contributed by atoms with E-state index in [4.69, 9.17) is 0 Å². The lowest BCUT2D eigenvalue weighted by Gasteiger charge is -2.11. The molecule has 0 fully saturated rings. The summed E-state index contributed by atoms with van der Waals surface area (Å²) in [5.74, 6) is 0.00665. The molecule has 0 unspecified atom stereocenters. The second-order valence-electron chi connectivity index (χ2n) is 5.66. The monoisotopic (exact) mass is 490 g/mol. The van der Waals surface area contributed by atoms with Crippen molar-refractivity contribution in [1.29, 1.82) is 0 Å². The molecule has 1 aromatic heterocycles. The number of nitrogens with zero attached hydrogens (tertiary/aromatic N) is 4. The van der Waals surface area contributed by atoms with Gasteiger partial charge in [0.05, 0.1) is 19.9 Å². The predicted molar refractivity (Wildman–Crippen MR) is 110 cm³/mol. The van der Waals surface area contributed by atoms with Crippen LogP contribution in [0.1, 0.15) is 16.8 Å². The quantitative estimate of drug-likeness (QED) is 0.264. The molecule has 8 nitrogen and oxygen atoms in total. The molecule has 2 N–H and O–H groups in total. The van der Waals surface area contributed by atoms with Crippen molar-refractivity contribution in [3.8, 4) is 0 Å². The SMILES string of the molecule is CN=C(NCCc1ccc(F)cc1C)NCc1cn(CC(=O)OC)nn1.I. The van der Waals surface area contributed by atoms with Crippen molar-refractivity contribution in [1.82, 2.24) is 25.6 Å². The summed E-state index contributed by atoms with van der Waals surface area (Å²) in [4.78, 5) is 15.3. The number of carbonyl (C=O) groups is 1. The molecule has 10 heteroatoms. The highest BCUT2D eigenvalue weighted by atomic mass is 127. The summed E-state index contributed by atoms with van der Waals surface area (Å²) >= 11 is 0. The molecule has 2 aromatic rings. The molecule has 0 aliphatic carbocycles. The van der Waals surface area contributed by atoms with Gasteiger partial charge >= 0.3 is 5.97 Å². The minimum atomic E-state index is -0.386. The number of ether oxygens (including phenoxy) is 1. The van der Waals surface area contributed by atoms with Gasteiger partial charge in [-0.2, -0.15) is 0 Å². The minimum absolute atomic E-state index is 0. The maximum absolute atomic E-state index is 13.1. The van der Waals surface area contributed by atoms with E-state index in [9.17, 15) is 9.18 Å². The summed E-state index contributed by atoms with van der Waals surface area (Å²) in [6, 6.07) is 4.79. The van der Waals surface area contributed by atoms with Crippen molar-refractivity contribution >= 4 is 35.9 Å². The molecule has 0 atom stereocenters. The number of hydrogen-bond donors (Lipinski definition) is 2. The van der Waals surface area contributed by atoms with Crippen LogP contribution in [0.4, 0.5) is 4.39 Å². The van der Waals surface area contributed by atoms with Gasteiger partial charge in [-0.05, 0) is 36.6 Å². The van der Waals surface area contributed by atoms with Gasteiger partial charge in [-0.3, -0.25) is 9.79 Å². The van der Waals surface area contributed by atoms with Gasteiger partial charge in [0.1, 0.15) is 18.1 Å².